The molecule has 1 aliphatic heterocycles. The lowest BCUT2D eigenvalue weighted by Crippen LogP contribution is -2.48. The van der Waals surface area contributed by atoms with E-state index in [1.54, 1.807) is 0 Å². The topological polar surface area (TPSA) is 19.4 Å². The zero-order valence-electron chi connectivity index (χ0n) is 16.8. The normalized spacial score (nSPS) is 15.3. The molecule has 2 heterocycles. The van der Waals surface area contributed by atoms with Crippen LogP contribution in [0.2, 0.25) is 0 Å². The molecule has 0 saturated carbocycles. The van der Waals surface area contributed by atoms with Crippen LogP contribution < -0.4 is 9.80 Å². The van der Waals surface area contributed by atoms with Gasteiger partial charge >= 0.3 is 0 Å². The summed E-state index contributed by atoms with van der Waals surface area (Å²) >= 11 is 0. The van der Waals surface area contributed by atoms with Crippen LogP contribution >= 0.6 is 0 Å². The molecule has 0 spiro atoms. The van der Waals surface area contributed by atoms with E-state index >= 15 is 0 Å². The molecule has 0 saturated heterocycles. The minimum atomic E-state index is -0.257. The largest absolute Gasteiger partial charge is 0.316 e. The van der Waals surface area contributed by atoms with Gasteiger partial charge in [0, 0.05) is 17.1 Å². The fourth-order valence-corrected chi connectivity index (χ4v) is 4.08. The van der Waals surface area contributed by atoms with Crippen molar-refractivity contribution in [1.82, 2.24) is 4.98 Å². The van der Waals surface area contributed by atoms with E-state index in [1.165, 1.54) is 22.6 Å². The van der Waals surface area contributed by atoms with E-state index in [-0.39, 0.29) is 5.66 Å². The molecule has 27 heavy (non-hydrogen) atoms. The standard InChI is InChI=1S/C24H27N3/c1-17(2)20-15-22-23(16-25-20)26(19-12-7-6-8-13-19)24(4,5)27(22)21-14-10-9-11-18(21)3/h6-17H,1-5H3. The fourth-order valence-electron chi connectivity index (χ4n) is 4.08. The summed E-state index contributed by atoms with van der Waals surface area (Å²) in [6.07, 6.45) is 2.04. The van der Waals surface area contributed by atoms with Gasteiger partial charge in [-0.25, -0.2) is 0 Å². The first-order valence-electron chi connectivity index (χ1n) is 9.62. The van der Waals surface area contributed by atoms with Crippen molar-refractivity contribution in [1.29, 1.82) is 0 Å². The highest BCUT2D eigenvalue weighted by Gasteiger charge is 2.45. The summed E-state index contributed by atoms with van der Waals surface area (Å²) in [6.45, 7) is 11.1. The molecule has 0 bridgehead atoms. The SMILES string of the molecule is Cc1ccccc1N1c2cc(C(C)C)ncc2N(c2ccccc2)C1(C)C. The number of anilines is 4. The minimum absolute atomic E-state index is 0.257. The van der Waals surface area contributed by atoms with Gasteiger partial charge in [-0.05, 0) is 56.5 Å². The van der Waals surface area contributed by atoms with Gasteiger partial charge < -0.3 is 9.80 Å². The van der Waals surface area contributed by atoms with Crippen LogP contribution in [0.15, 0.2) is 66.9 Å². The average Bonchev–Trinajstić information content (AvgIpc) is 2.88. The van der Waals surface area contributed by atoms with Crippen molar-refractivity contribution in [3.8, 4) is 0 Å². The van der Waals surface area contributed by atoms with Gasteiger partial charge in [-0.1, -0.05) is 50.2 Å². The van der Waals surface area contributed by atoms with E-state index in [0.29, 0.717) is 5.92 Å². The molecule has 0 N–H and O–H groups in total. The van der Waals surface area contributed by atoms with Crippen LogP contribution in [-0.2, 0) is 0 Å². The second-order valence-electron chi connectivity index (χ2n) is 8.04. The summed E-state index contributed by atoms with van der Waals surface area (Å²) in [5.74, 6) is 0.392. The lowest BCUT2D eigenvalue weighted by molar-refractivity contribution is 0.539. The molecule has 0 fully saturated rings. The van der Waals surface area contributed by atoms with E-state index < -0.39 is 0 Å². The van der Waals surface area contributed by atoms with Crippen molar-refractivity contribution < 1.29 is 0 Å². The third-order valence-electron chi connectivity index (χ3n) is 5.42. The lowest BCUT2D eigenvalue weighted by atomic mass is 10.1. The lowest BCUT2D eigenvalue weighted by Gasteiger charge is -2.41. The predicted molar refractivity (Wildman–Crippen MR) is 114 cm³/mol. The Morgan fingerprint density at radius 1 is 0.815 bits per heavy atom. The van der Waals surface area contributed by atoms with E-state index in [0.717, 1.165) is 11.4 Å². The molecular formula is C24H27N3. The van der Waals surface area contributed by atoms with Crippen LogP contribution in [0.3, 0.4) is 0 Å². The maximum absolute atomic E-state index is 4.77. The molecule has 3 aromatic rings. The molecule has 2 aromatic carbocycles. The molecule has 3 nitrogen and oxygen atoms in total. The Labute approximate surface area is 162 Å². The second kappa shape index (κ2) is 6.41. The number of fused-ring (bicyclic) bond motifs is 1. The zero-order valence-corrected chi connectivity index (χ0v) is 16.8. The maximum atomic E-state index is 4.77. The molecule has 0 amide bonds. The van der Waals surface area contributed by atoms with E-state index in [1.807, 2.05) is 6.20 Å². The monoisotopic (exact) mass is 357 g/mol. The highest BCUT2D eigenvalue weighted by atomic mass is 15.5. The van der Waals surface area contributed by atoms with Gasteiger partial charge in [-0.3, -0.25) is 4.98 Å². The highest BCUT2D eigenvalue weighted by Crippen LogP contribution is 2.53. The van der Waals surface area contributed by atoms with Gasteiger partial charge in [0.15, 0.2) is 0 Å². The number of hydrogen-bond acceptors (Lipinski definition) is 3. The Morgan fingerprint density at radius 3 is 2.15 bits per heavy atom. The van der Waals surface area contributed by atoms with E-state index in [2.05, 4.69) is 105 Å². The molecule has 1 aliphatic rings. The maximum Gasteiger partial charge on any atom is 0.116 e. The molecule has 0 aliphatic carbocycles. The number of aryl methyl sites for hydroxylation is 1. The fraction of sp³-hybridized carbons (Fsp3) is 0.292. The Hall–Kier alpha value is -2.81. The van der Waals surface area contributed by atoms with E-state index in [4.69, 9.17) is 4.98 Å². The number of para-hydroxylation sites is 2. The summed E-state index contributed by atoms with van der Waals surface area (Å²) in [7, 11) is 0. The Bertz CT molecular complexity index is 960. The van der Waals surface area contributed by atoms with Crippen LogP contribution in [-0.4, -0.2) is 10.6 Å². The van der Waals surface area contributed by atoms with Crippen molar-refractivity contribution in [3.05, 3.63) is 78.1 Å². The van der Waals surface area contributed by atoms with Crippen LogP contribution in [0, 0.1) is 6.92 Å². The Morgan fingerprint density at radius 2 is 1.48 bits per heavy atom. The minimum Gasteiger partial charge on any atom is -0.316 e. The first kappa shape index (κ1) is 17.6. The molecule has 0 unspecified atom stereocenters. The zero-order chi connectivity index (χ0) is 19.2. The van der Waals surface area contributed by atoms with Crippen molar-refractivity contribution in [2.24, 2.45) is 0 Å². The van der Waals surface area contributed by atoms with Crippen LogP contribution in [0.25, 0.3) is 0 Å². The number of benzene rings is 2. The van der Waals surface area contributed by atoms with E-state index in [9.17, 15) is 0 Å². The highest BCUT2D eigenvalue weighted by molar-refractivity contribution is 5.90. The van der Waals surface area contributed by atoms with Gasteiger partial charge in [0.05, 0.1) is 17.6 Å². The van der Waals surface area contributed by atoms with Crippen molar-refractivity contribution in [3.63, 3.8) is 0 Å². The average molecular weight is 358 g/mol. The first-order valence-corrected chi connectivity index (χ1v) is 9.62. The number of hydrogen-bond donors (Lipinski definition) is 0. The quantitative estimate of drug-likeness (QED) is 0.530. The van der Waals surface area contributed by atoms with Crippen molar-refractivity contribution in [2.75, 3.05) is 9.80 Å². The summed E-state index contributed by atoms with van der Waals surface area (Å²) < 4.78 is 0. The molecule has 1 aromatic heterocycles. The number of rotatable bonds is 3. The van der Waals surface area contributed by atoms with Gasteiger partial charge in [0.25, 0.3) is 0 Å². The third kappa shape index (κ3) is 2.78. The molecule has 138 valence electrons. The Kier molecular flexibility index (Phi) is 4.18. The third-order valence-corrected chi connectivity index (χ3v) is 5.42. The van der Waals surface area contributed by atoms with Gasteiger partial charge in [0.1, 0.15) is 5.66 Å². The molecule has 4 rings (SSSR count). The summed E-state index contributed by atoms with van der Waals surface area (Å²) in [6, 6.07) is 21.5. The van der Waals surface area contributed by atoms with Crippen LogP contribution in [0.5, 0.6) is 0 Å². The summed E-state index contributed by atoms with van der Waals surface area (Å²) in [4.78, 5) is 9.62. The van der Waals surface area contributed by atoms with Crippen molar-refractivity contribution >= 4 is 22.7 Å². The Balaban J connectivity index is 1.98. The van der Waals surface area contributed by atoms with Gasteiger partial charge in [-0.2, -0.15) is 0 Å². The molecular weight excluding hydrogens is 330 g/mol. The van der Waals surface area contributed by atoms with Gasteiger partial charge in [-0.15, -0.1) is 0 Å². The van der Waals surface area contributed by atoms with Crippen molar-refractivity contribution in [2.45, 2.75) is 46.2 Å². The summed E-state index contributed by atoms with van der Waals surface area (Å²) in [5.41, 5.74) is 6.93. The molecule has 0 atom stereocenters. The summed E-state index contributed by atoms with van der Waals surface area (Å²) in [5, 5.41) is 0. The molecule has 0 radical (unpaired) electrons. The predicted octanol–water partition coefficient (Wildman–Crippen LogP) is 6.54. The number of aromatic nitrogens is 1. The smallest absolute Gasteiger partial charge is 0.116 e. The van der Waals surface area contributed by atoms with Crippen LogP contribution in [0.4, 0.5) is 22.7 Å². The molecule has 3 heteroatoms. The number of pyridine rings is 1. The first-order chi connectivity index (χ1) is 12.9. The van der Waals surface area contributed by atoms with Crippen LogP contribution in [0.1, 0.15) is 44.9 Å². The van der Waals surface area contributed by atoms with Gasteiger partial charge in [0.2, 0.25) is 0 Å². The second-order valence-corrected chi connectivity index (χ2v) is 8.04. The number of nitrogens with zero attached hydrogens (tertiary/aromatic N) is 3.